The molecule has 2 N–H and O–H groups in total. The Balaban J connectivity index is 1.87. The molecule has 0 aliphatic carbocycles. The Hall–Kier alpha value is -2.14. The van der Waals surface area contributed by atoms with Gasteiger partial charge in [0.25, 0.3) is 0 Å². The molecule has 21 heavy (non-hydrogen) atoms. The number of aromatic amines is 2. The van der Waals surface area contributed by atoms with Crippen LogP contribution in [0.4, 0.5) is 0 Å². The van der Waals surface area contributed by atoms with Crippen LogP contribution in [0.5, 0.6) is 0 Å². The van der Waals surface area contributed by atoms with Gasteiger partial charge in [0.15, 0.2) is 0 Å². The van der Waals surface area contributed by atoms with Gasteiger partial charge in [0, 0.05) is 30.1 Å². The first-order valence-corrected chi connectivity index (χ1v) is 7.23. The van der Waals surface area contributed by atoms with Crippen LogP contribution in [0.1, 0.15) is 22.5 Å². The largest absolute Gasteiger partial charge is 0.361 e. The second-order valence-electron chi connectivity index (χ2n) is 5.80. The van der Waals surface area contributed by atoms with E-state index in [1.165, 1.54) is 22.0 Å². The molecule has 3 rings (SSSR count). The lowest BCUT2D eigenvalue weighted by atomic mass is 10.0. The maximum absolute atomic E-state index is 4.01. The molecule has 1 aromatic carbocycles. The highest BCUT2D eigenvalue weighted by atomic mass is 15.3. The van der Waals surface area contributed by atoms with Crippen LogP contribution >= 0.6 is 0 Å². The van der Waals surface area contributed by atoms with Crippen LogP contribution in [0.25, 0.3) is 10.9 Å². The number of aromatic nitrogens is 4. The summed E-state index contributed by atoms with van der Waals surface area (Å²) in [6.45, 7) is 3.04. The lowest BCUT2D eigenvalue weighted by Crippen LogP contribution is -2.14. The maximum Gasteiger partial charge on any atom is 0.0829 e. The summed E-state index contributed by atoms with van der Waals surface area (Å²) in [5.41, 5.74) is 5.91. The fourth-order valence-electron chi connectivity index (χ4n) is 2.56. The SMILES string of the molecule is Cc1nn[nH]c1Cc1ccc2[nH]cc(CCN(C)C)c2c1. The zero-order chi connectivity index (χ0) is 14.8. The number of hydrogen-bond donors (Lipinski definition) is 2. The van der Waals surface area contributed by atoms with E-state index in [-0.39, 0.29) is 0 Å². The van der Waals surface area contributed by atoms with E-state index in [0.29, 0.717) is 0 Å². The molecule has 0 aliphatic heterocycles. The molecule has 0 aliphatic rings. The first kappa shape index (κ1) is 13.8. The van der Waals surface area contributed by atoms with Gasteiger partial charge in [-0.2, -0.15) is 0 Å². The first-order valence-electron chi connectivity index (χ1n) is 7.23. The fraction of sp³-hybridized carbons (Fsp3) is 0.375. The second kappa shape index (κ2) is 5.69. The lowest BCUT2D eigenvalue weighted by molar-refractivity contribution is 0.414. The number of hydrogen-bond acceptors (Lipinski definition) is 3. The van der Waals surface area contributed by atoms with Gasteiger partial charge in [0.2, 0.25) is 0 Å². The molecule has 0 atom stereocenters. The van der Waals surface area contributed by atoms with Gasteiger partial charge in [0.1, 0.15) is 0 Å². The monoisotopic (exact) mass is 283 g/mol. The van der Waals surface area contributed by atoms with Crippen molar-refractivity contribution >= 4 is 10.9 Å². The van der Waals surface area contributed by atoms with Crippen molar-refractivity contribution in [3.8, 4) is 0 Å². The van der Waals surface area contributed by atoms with E-state index in [2.05, 4.69) is 63.8 Å². The maximum atomic E-state index is 4.01. The van der Waals surface area contributed by atoms with E-state index in [1.54, 1.807) is 0 Å². The van der Waals surface area contributed by atoms with Crippen molar-refractivity contribution in [1.82, 2.24) is 25.3 Å². The smallest absolute Gasteiger partial charge is 0.0829 e. The van der Waals surface area contributed by atoms with Crippen LogP contribution in [0, 0.1) is 6.92 Å². The van der Waals surface area contributed by atoms with Gasteiger partial charge in [-0.15, -0.1) is 5.10 Å². The molecule has 110 valence electrons. The predicted molar refractivity (Wildman–Crippen MR) is 84.5 cm³/mol. The number of nitrogens with one attached hydrogen (secondary N) is 2. The summed E-state index contributed by atoms with van der Waals surface area (Å²) in [4.78, 5) is 5.57. The van der Waals surface area contributed by atoms with Crippen molar-refractivity contribution in [3.63, 3.8) is 0 Å². The van der Waals surface area contributed by atoms with Crippen molar-refractivity contribution in [2.75, 3.05) is 20.6 Å². The average molecular weight is 283 g/mol. The molecule has 0 fully saturated rings. The standard InChI is InChI=1S/C16H21N5/c1-11-16(19-20-18-11)9-12-4-5-15-14(8-12)13(10-17-15)6-7-21(2)3/h4-5,8,10,17H,6-7,9H2,1-3H3,(H,18,19,20). The van der Waals surface area contributed by atoms with Crippen LogP contribution in [-0.4, -0.2) is 45.9 Å². The van der Waals surface area contributed by atoms with Crippen molar-refractivity contribution in [1.29, 1.82) is 0 Å². The summed E-state index contributed by atoms with van der Waals surface area (Å²) in [5.74, 6) is 0. The van der Waals surface area contributed by atoms with Crippen LogP contribution in [-0.2, 0) is 12.8 Å². The van der Waals surface area contributed by atoms with Gasteiger partial charge in [-0.25, -0.2) is 0 Å². The third kappa shape index (κ3) is 2.97. The van der Waals surface area contributed by atoms with Crippen LogP contribution < -0.4 is 0 Å². The lowest BCUT2D eigenvalue weighted by Gasteiger charge is -2.08. The van der Waals surface area contributed by atoms with E-state index in [0.717, 1.165) is 30.8 Å². The zero-order valence-electron chi connectivity index (χ0n) is 12.8. The van der Waals surface area contributed by atoms with Gasteiger partial charge < -0.3 is 9.88 Å². The predicted octanol–water partition coefficient (Wildman–Crippen LogP) is 2.29. The molecule has 0 saturated heterocycles. The minimum Gasteiger partial charge on any atom is -0.361 e. The Morgan fingerprint density at radius 3 is 2.81 bits per heavy atom. The third-order valence-electron chi connectivity index (χ3n) is 3.86. The summed E-state index contributed by atoms with van der Waals surface area (Å²) in [7, 11) is 4.21. The normalized spacial score (nSPS) is 11.6. The number of nitrogens with zero attached hydrogens (tertiary/aromatic N) is 3. The van der Waals surface area contributed by atoms with E-state index in [9.17, 15) is 0 Å². The Morgan fingerprint density at radius 1 is 1.24 bits per heavy atom. The van der Waals surface area contributed by atoms with Gasteiger partial charge >= 0.3 is 0 Å². The molecule has 5 nitrogen and oxygen atoms in total. The summed E-state index contributed by atoms with van der Waals surface area (Å²) in [6, 6.07) is 6.59. The van der Waals surface area contributed by atoms with Crippen LogP contribution in [0.15, 0.2) is 24.4 Å². The molecular weight excluding hydrogens is 262 g/mol. The van der Waals surface area contributed by atoms with Crippen molar-refractivity contribution in [3.05, 3.63) is 46.9 Å². The number of rotatable bonds is 5. The molecule has 0 radical (unpaired) electrons. The summed E-state index contributed by atoms with van der Waals surface area (Å²) in [6.07, 6.45) is 4.02. The van der Waals surface area contributed by atoms with Crippen molar-refractivity contribution in [2.45, 2.75) is 19.8 Å². The van der Waals surface area contributed by atoms with Gasteiger partial charge in [-0.3, -0.25) is 5.10 Å². The summed E-state index contributed by atoms with van der Waals surface area (Å²) >= 11 is 0. The highest BCUT2D eigenvalue weighted by Crippen LogP contribution is 2.22. The van der Waals surface area contributed by atoms with E-state index in [4.69, 9.17) is 0 Å². The van der Waals surface area contributed by atoms with Gasteiger partial charge in [0.05, 0.1) is 11.4 Å². The number of H-pyrrole nitrogens is 2. The fourth-order valence-corrected chi connectivity index (χ4v) is 2.56. The first-order chi connectivity index (χ1) is 10.1. The second-order valence-corrected chi connectivity index (χ2v) is 5.80. The highest BCUT2D eigenvalue weighted by molar-refractivity contribution is 5.84. The average Bonchev–Trinajstić information content (AvgIpc) is 3.03. The van der Waals surface area contributed by atoms with E-state index >= 15 is 0 Å². The quantitative estimate of drug-likeness (QED) is 0.755. The molecule has 0 bridgehead atoms. The molecule has 5 heteroatoms. The minimum absolute atomic E-state index is 0.840. The van der Waals surface area contributed by atoms with Crippen molar-refractivity contribution < 1.29 is 0 Å². The highest BCUT2D eigenvalue weighted by Gasteiger charge is 2.08. The van der Waals surface area contributed by atoms with Crippen LogP contribution in [0.2, 0.25) is 0 Å². The number of likely N-dealkylation sites (N-methyl/N-ethyl adjacent to an activating group) is 1. The molecule has 3 aromatic rings. The zero-order valence-corrected chi connectivity index (χ0v) is 12.8. The molecule has 2 heterocycles. The summed E-state index contributed by atoms with van der Waals surface area (Å²) < 4.78 is 0. The molecular formula is C16H21N5. The topological polar surface area (TPSA) is 60.6 Å². The van der Waals surface area contributed by atoms with Crippen LogP contribution in [0.3, 0.4) is 0 Å². The molecule has 0 unspecified atom stereocenters. The molecule has 0 amide bonds. The minimum atomic E-state index is 0.840. The number of fused-ring (bicyclic) bond motifs is 1. The van der Waals surface area contributed by atoms with Crippen molar-refractivity contribution in [2.24, 2.45) is 0 Å². The number of benzene rings is 1. The van der Waals surface area contributed by atoms with E-state index < -0.39 is 0 Å². The Kier molecular flexibility index (Phi) is 3.75. The van der Waals surface area contributed by atoms with Gasteiger partial charge in [-0.1, -0.05) is 11.3 Å². The number of aryl methyl sites for hydroxylation is 1. The summed E-state index contributed by atoms with van der Waals surface area (Å²) in [5, 5.41) is 12.2. The molecule has 0 saturated carbocycles. The van der Waals surface area contributed by atoms with Gasteiger partial charge in [-0.05, 0) is 50.7 Å². The van der Waals surface area contributed by atoms with E-state index in [1.807, 2.05) is 6.92 Å². The molecule has 0 spiro atoms. The Morgan fingerprint density at radius 2 is 2.10 bits per heavy atom. The Labute approximate surface area is 124 Å². The third-order valence-corrected chi connectivity index (χ3v) is 3.86. The Bertz CT molecular complexity index is 738. The molecule has 2 aromatic heterocycles.